The Labute approximate surface area is 125 Å². The molecule has 20 heavy (non-hydrogen) atoms. The van der Waals surface area contributed by atoms with Crippen molar-refractivity contribution in [3.8, 4) is 5.75 Å². The highest BCUT2D eigenvalue weighted by atomic mass is 32.1. The van der Waals surface area contributed by atoms with Gasteiger partial charge in [0.15, 0.2) is 5.11 Å². The van der Waals surface area contributed by atoms with E-state index in [0.717, 1.165) is 49.2 Å². The molecule has 1 saturated heterocycles. The Bertz CT molecular complexity index is 506. The van der Waals surface area contributed by atoms with E-state index in [1.54, 1.807) is 0 Å². The molecule has 0 aliphatic carbocycles. The third kappa shape index (κ3) is 2.47. The zero-order chi connectivity index (χ0) is 14.1. The maximum atomic E-state index is 5.84. The fraction of sp³-hybridized carbons (Fsp3) is 0.533. The zero-order valence-corrected chi connectivity index (χ0v) is 12.9. The maximum absolute atomic E-state index is 5.84. The molecule has 1 fully saturated rings. The van der Waals surface area contributed by atoms with Crippen molar-refractivity contribution in [3.05, 3.63) is 24.3 Å². The van der Waals surface area contributed by atoms with Gasteiger partial charge in [-0.15, -0.1) is 0 Å². The molecule has 0 N–H and O–H groups in total. The Morgan fingerprint density at radius 1 is 1.35 bits per heavy atom. The molecule has 0 radical (unpaired) electrons. The fourth-order valence-corrected chi connectivity index (χ4v) is 3.29. The number of benzene rings is 1. The largest absolute Gasteiger partial charge is 0.489 e. The van der Waals surface area contributed by atoms with Crippen molar-refractivity contribution in [3.63, 3.8) is 0 Å². The van der Waals surface area contributed by atoms with Gasteiger partial charge in [-0.1, -0.05) is 12.1 Å². The first-order valence-corrected chi connectivity index (χ1v) is 7.52. The summed E-state index contributed by atoms with van der Waals surface area (Å²) >= 11 is 5.68. The zero-order valence-electron chi connectivity index (χ0n) is 12.1. The summed E-state index contributed by atoms with van der Waals surface area (Å²) in [7, 11) is 4.21. The Hall–Kier alpha value is -1.33. The average molecular weight is 291 g/mol. The van der Waals surface area contributed by atoms with E-state index >= 15 is 0 Å². The number of rotatable bonds is 4. The summed E-state index contributed by atoms with van der Waals surface area (Å²) in [6, 6.07) is 8.52. The lowest BCUT2D eigenvalue weighted by atomic mass is 10.2. The molecule has 108 valence electrons. The van der Waals surface area contributed by atoms with Crippen LogP contribution in [0.1, 0.15) is 6.42 Å². The minimum absolute atomic E-state index is 0.358. The molecule has 1 unspecified atom stereocenters. The first-order chi connectivity index (χ1) is 9.66. The van der Waals surface area contributed by atoms with Gasteiger partial charge in [0.25, 0.3) is 0 Å². The smallest absolute Gasteiger partial charge is 0.176 e. The predicted molar refractivity (Wildman–Crippen MR) is 85.5 cm³/mol. The van der Waals surface area contributed by atoms with Gasteiger partial charge < -0.3 is 19.4 Å². The SMILES string of the molecule is CN(C)CCCN1CC2COc3ccccc3N2C1=S. The van der Waals surface area contributed by atoms with E-state index in [2.05, 4.69) is 34.9 Å². The molecule has 2 heterocycles. The van der Waals surface area contributed by atoms with Crippen LogP contribution in [0.15, 0.2) is 24.3 Å². The summed E-state index contributed by atoms with van der Waals surface area (Å²) in [5.74, 6) is 0.946. The van der Waals surface area contributed by atoms with Crippen LogP contribution in [0.3, 0.4) is 0 Å². The van der Waals surface area contributed by atoms with Crippen LogP contribution < -0.4 is 9.64 Å². The molecule has 0 amide bonds. The van der Waals surface area contributed by atoms with E-state index in [-0.39, 0.29) is 0 Å². The van der Waals surface area contributed by atoms with Gasteiger partial charge in [0, 0.05) is 13.1 Å². The number of hydrogen-bond donors (Lipinski definition) is 0. The molecule has 1 aromatic carbocycles. The van der Waals surface area contributed by atoms with Gasteiger partial charge in [-0.2, -0.15) is 0 Å². The standard InChI is InChI=1S/C15H21N3OS/c1-16(2)8-5-9-17-10-12-11-19-14-7-4-3-6-13(14)18(12)15(17)20/h3-4,6-7,12H,5,8-11H2,1-2H3. The maximum Gasteiger partial charge on any atom is 0.176 e. The molecule has 0 bridgehead atoms. The number of anilines is 1. The summed E-state index contributed by atoms with van der Waals surface area (Å²) in [6.07, 6.45) is 1.14. The van der Waals surface area contributed by atoms with E-state index in [1.165, 1.54) is 0 Å². The molecule has 2 aliphatic heterocycles. The summed E-state index contributed by atoms with van der Waals surface area (Å²) < 4.78 is 5.84. The first-order valence-electron chi connectivity index (χ1n) is 7.11. The van der Waals surface area contributed by atoms with Crippen molar-refractivity contribution in [2.24, 2.45) is 0 Å². The lowest BCUT2D eigenvalue weighted by Crippen LogP contribution is -2.41. The van der Waals surface area contributed by atoms with E-state index in [4.69, 9.17) is 17.0 Å². The molecule has 0 spiro atoms. The molecule has 2 aliphatic rings. The van der Waals surface area contributed by atoms with Gasteiger partial charge in [-0.3, -0.25) is 0 Å². The van der Waals surface area contributed by atoms with Gasteiger partial charge in [-0.05, 0) is 51.4 Å². The van der Waals surface area contributed by atoms with Crippen LogP contribution in [0, 0.1) is 0 Å². The molecular formula is C15H21N3OS. The highest BCUT2D eigenvalue weighted by molar-refractivity contribution is 7.80. The second-order valence-electron chi connectivity index (χ2n) is 5.69. The highest BCUT2D eigenvalue weighted by Gasteiger charge is 2.39. The fourth-order valence-electron chi connectivity index (χ4n) is 2.88. The third-order valence-electron chi connectivity index (χ3n) is 3.86. The van der Waals surface area contributed by atoms with Crippen LogP contribution in [0.4, 0.5) is 5.69 Å². The third-order valence-corrected chi connectivity index (χ3v) is 4.32. The number of ether oxygens (including phenoxy) is 1. The molecule has 0 aromatic heterocycles. The topological polar surface area (TPSA) is 19.0 Å². The molecule has 4 nitrogen and oxygen atoms in total. The summed E-state index contributed by atoms with van der Waals surface area (Å²) in [5, 5.41) is 0.949. The van der Waals surface area contributed by atoms with E-state index in [1.807, 2.05) is 18.2 Å². The number of fused-ring (bicyclic) bond motifs is 3. The van der Waals surface area contributed by atoms with Crippen LogP contribution in [0.2, 0.25) is 0 Å². The molecule has 3 rings (SSSR count). The second kappa shape index (κ2) is 5.58. The number of para-hydroxylation sites is 2. The quantitative estimate of drug-likeness (QED) is 0.786. The molecule has 5 heteroatoms. The van der Waals surface area contributed by atoms with Crippen molar-refractivity contribution in [2.75, 3.05) is 45.2 Å². The van der Waals surface area contributed by atoms with Crippen molar-refractivity contribution in [1.82, 2.24) is 9.80 Å². The lowest BCUT2D eigenvalue weighted by Gasteiger charge is -2.31. The number of nitrogens with zero attached hydrogens (tertiary/aromatic N) is 3. The van der Waals surface area contributed by atoms with E-state index in [0.29, 0.717) is 6.04 Å². The van der Waals surface area contributed by atoms with Crippen molar-refractivity contribution < 1.29 is 4.74 Å². The summed E-state index contributed by atoms with van der Waals surface area (Å²) in [5.41, 5.74) is 1.11. The summed E-state index contributed by atoms with van der Waals surface area (Å²) in [6.45, 7) is 3.81. The highest BCUT2D eigenvalue weighted by Crippen LogP contribution is 2.37. The van der Waals surface area contributed by atoms with Crippen LogP contribution >= 0.6 is 12.2 Å². The predicted octanol–water partition coefficient (Wildman–Crippen LogP) is 1.81. The van der Waals surface area contributed by atoms with Gasteiger partial charge in [0.2, 0.25) is 0 Å². The van der Waals surface area contributed by atoms with Crippen molar-refractivity contribution in [1.29, 1.82) is 0 Å². The van der Waals surface area contributed by atoms with Crippen LogP contribution in [0.5, 0.6) is 5.75 Å². The van der Waals surface area contributed by atoms with Crippen LogP contribution in [-0.2, 0) is 0 Å². The molecule has 1 aromatic rings. The minimum Gasteiger partial charge on any atom is -0.489 e. The Balaban J connectivity index is 1.72. The van der Waals surface area contributed by atoms with Gasteiger partial charge in [0.05, 0.1) is 11.7 Å². The summed E-state index contributed by atoms with van der Waals surface area (Å²) in [4.78, 5) is 6.80. The average Bonchev–Trinajstić information content (AvgIpc) is 2.76. The lowest BCUT2D eigenvalue weighted by molar-refractivity contribution is 0.265. The van der Waals surface area contributed by atoms with Gasteiger partial charge in [-0.25, -0.2) is 0 Å². The normalized spacial score (nSPS) is 20.9. The Morgan fingerprint density at radius 2 is 2.15 bits per heavy atom. The van der Waals surface area contributed by atoms with Gasteiger partial charge >= 0.3 is 0 Å². The Kier molecular flexibility index (Phi) is 3.81. The van der Waals surface area contributed by atoms with Crippen LogP contribution in [-0.4, -0.2) is 61.3 Å². The van der Waals surface area contributed by atoms with Gasteiger partial charge in [0.1, 0.15) is 12.4 Å². The van der Waals surface area contributed by atoms with Crippen molar-refractivity contribution >= 4 is 23.0 Å². The number of hydrogen-bond acceptors (Lipinski definition) is 3. The first kappa shape index (κ1) is 13.6. The molecule has 1 atom stereocenters. The monoisotopic (exact) mass is 291 g/mol. The molecule has 0 saturated carbocycles. The number of thiocarbonyl (C=S) groups is 1. The van der Waals surface area contributed by atoms with E-state index < -0.39 is 0 Å². The second-order valence-corrected chi connectivity index (χ2v) is 6.05. The minimum atomic E-state index is 0.358. The molecular weight excluding hydrogens is 270 g/mol. The Morgan fingerprint density at radius 3 is 2.95 bits per heavy atom. The van der Waals surface area contributed by atoms with E-state index in [9.17, 15) is 0 Å². The van der Waals surface area contributed by atoms with Crippen molar-refractivity contribution in [2.45, 2.75) is 12.5 Å². The van der Waals surface area contributed by atoms with Crippen LogP contribution in [0.25, 0.3) is 0 Å².